The lowest BCUT2D eigenvalue weighted by atomic mass is 10.2. The van der Waals surface area contributed by atoms with E-state index in [1.54, 1.807) is 5.38 Å². The van der Waals surface area contributed by atoms with Gasteiger partial charge in [-0.05, 0) is 30.7 Å². The molecular formula is C18H17ClN2O5S2. The normalized spacial score (nSPS) is 14.5. The van der Waals surface area contributed by atoms with Gasteiger partial charge in [0.15, 0.2) is 0 Å². The van der Waals surface area contributed by atoms with Crippen LogP contribution in [0.2, 0.25) is 5.02 Å². The van der Waals surface area contributed by atoms with Crippen molar-refractivity contribution in [3.05, 3.63) is 40.0 Å². The van der Waals surface area contributed by atoms with Crippen LogP contribution in [0.4, 0.5) is 5.69 Å². The summed E-state index contributed by atoms with van der Waals surface area (Å²) in [5, 5.41) is 6.04. The first kappa shape index (κ1) is 20.5. The van der Waals surface area contributed by atoms with Gasteiger partial charge in [0, 0.05) is 41.6 Å². The van der Waals surface area contributed by atoms with Crippen LogP contribution < -0.4 is 5.32 Å². The van der Waals surface area contributed by atoms with Crippen molar-refractivity contribution in [1.29, 1.82) is 0 Å². The van der Waals surface area contributed by atoms with Crippen LogP contribution in [0.1, 0.15) is 25.7 Å². The van der Waals surface area contributed by atoms with Gasteiger partial charge in [-0.2, -0.15) is 0 Å². The maximum absolute atomic E-state index is 12.8. The monoisotopic (exact) mass is 440 g/mol. The first-order valence-corrected chi connectivity index (χ1v) is 11.3. The van der Waals surface area contributed by atoms with E-state index in [2.05, 4.69) is 5.32 Å². The molecule has 7 nitrogen and oxygen atoms in total. The minimum atomic E-state index is -3.80. The fourth-order valence-corrected chi connectivity index (χ4v) is 5.47. The molecule has 1 aliphatic heterocycles. The van der Waals surface area contributed by atoms with E-state index in [4.69, 9.17) is 11.6 Å². The lowest BCUT2D eigenvalue weighted by Crippen LogP contribution is -2.30. The Morgan fingerprint density at radius 1 is 1.11 bits per heavy atom. The highest BCUT2D eigenvalue weighted by Crippen LogP contribution is 2.31. The van der Waals surface area contributed by atoms with E-state index >= 15 is 0 Å². The van der Waals surface area contributed by atoms with Crippen LogP contribution in [-0.4, -0.2) is 37.6 Å². The van der Waals surface area contributed by atoms with Gasteiger partial charge in [-0.25, -0.2) is 8.42 Å². The van der Waals surface area contributed by atoms with Crippen molar-refractivity contribution in [2.75, 3.05) is 11.9 Å². The SMILES string of the molecule is O=C(CCCN1C(=O)CCC1=O)Nc1cscc1S(=O)(=O)c1ccc(Cl)cc1. The molecule has 0 unspecified atom stereocenters. The molecule has 3 amide bonds. The van der Waals surface area contributed by atoms with Crippen LogP contribution in [-0.2, 0) is 24.2 Å². The predicted molar refractivity (Wildman–Crippen MR) is 105 cm³/mol. The zero-order chi connectivity index (χ0) is 20.3. The van der Waals surface area contributed by atoms with Gasteiger partial charge in [-0.15, -0.1) is 11.3 Å². The van der Waals surface area contributed by atoms with Gasteiger partial charge in [0.1, 0.15) is 4.90 Å². The number of nitrogens with one attached hydrogen (secondary N) is 1. The number of carbonyl (C=O) groups excluding carboxylic acids is 3. The summed E-state index contributed by atoms with van der Waals surface area (Å²) >= 11 is 6.97. The summed E-state index contributed by atoms with van der Waals surface area (Å²) in [5.74, 6) is -0.829. The second kappa shape index (κ2) is 8.42. The van der Waals surface area contributed by atoms with Crippen molar-refractivity contribution < 1.29 is 22.8 Å². The summed E-state index contributed by atoms with van der Waals surface area (Å²) in [4.78, 5) is 36.6. The van der Waals surface area contributed by atoms with Crippen molar-refractivity contribution in [1.82, 2.24) is 4.90 Å². The second-order valence-electron chi connectivity index (χ2n) is 6.20. The molecule has 0 saturated carbocycles. The van der Waals surface area contributed by atoms with E-state index in [1.165, 1.54) is 29.6 Å². The number of anilines is 1. The van der Waals surface area contributed by atoms with Gasteiger partial charge >= 0.3 is 0 Å². The third-order valence-electron chi connectivity index (χ3n) is 4.25. The molecule has 0 atom stereocenters. The fraction of sp³-hybridized carbons (Fsp3) is 0.278. The van der Waals surface area contributed by atoms with Crippen LogP contribution in [0.3, 0.4) is 0 Å². The molecule has 1 aliphatic rings. The molecule has 10 heteroatoms. The van der Waals surface area contributed by atoms with Crippen LogP contribution in [0.15, 0.2) is 44.8 Å². The number of halogens is 1. The van der Waals surface area contributed by atoms with Crippen molar-refractivity contribution in [2.45, 2.75) is 35.5 Å². The van der Waals surface area contributed by atoms with Crippen molar-refractivity contribution in [3.63, 3.8) is 0 Å². The van der Waals surface area contributed by atoms with Crippen LogP contribution in [0.5, 0.6) is 0 Å². The zero-order valence-corrected chi connectivity index (χ0v) is 17.1. The van der Waals surface area contributed by atoms with Gasteiger partial charge in [0.25, 0.3) is 0 Å². The molecule has 1 aromatic heterocycles. The van der Waals surface area contributed by atoms with Gasteiger partial charge in [0.2, 0.25) is 27.6 Å². The van der Waals surface area contributed by atoms with E-state index in [0.29, 0.717) is 11.4 Å². The average molecular weight is 441 g/mol. The molecule has 0 aliphatic carbocycles. The van der Waals surface area contributed by atoms with E-state index in [-0.39, 0.29) is 59.0 Å². The molecular weight excluding hydrogens is 424 g/mol. The van der Waals surface area contributed by atoms with Crippen molar-refractivity contribution in [2.24, 2.45) is 0 Å². The number of sulfone groups is 1. The Kier molecular flexibility index (Phi) is 6.17. The molecule has 28 heavy (non-hydrogen) atoms. The number of benzene rings is 1. The Morgan fingerprint density at radius 3 is 2.39 bits per heavy atom. The van der Waals surface area contributed by atoms with E-state index < -0.39 is 9.84 Å². The number of hydrogen-bond acceptors (Lipinski definition) is 6. The summed E-state index contributed by atoms with van der Waals surface area (Å²) in [7, 11) is -3.80. The molecule has 1 N–H and O–H groups in total. The standard InChI is InChI=1S/C18H17ClN2O5S2/c19-12-3-5-13(6-4-12)28(25,26)15-11-27-10-14(15)20-16(22)2-1-9-21-17(23)7-8-18(21)24/h3-6,10-11H,1-2,7-9H2,(H,20,22). The third-order valence-corrected chi connectivity index (χ3v) is 7.21. The zero-order valence-electron chi connectivity index (χ0n) is 14.7. The van der Waals surface area contributed by atoms with Gasteiger partial charge in [-0.1, -0.05) is 11.6 Å². The summed E-state index contributed by atoms with van der Waals surface area (Å²) in [6.45, 7) is 0.185. The largest absolute Gasteiger partial charge is 0.324 e. The highest BCUT2D eigenvalue weighted by molar-refractivity contribution is 7.91. The molecule has 0 spiro atoms. The number of imide groups is 1. The molecule has 1 saturated heterocycles. The van der Waals surface area contributed by atoms with E-state index in [0.717, 1.165) is 16.2 Å². The molecule has 1 aromatic carbocycles. The molecule has 3 rings (SSSR count). The fourth-order valence-electron chi connectivity index (χ4n) is 2.81. The summed E-state index contributed by atoms with van der Waals surface area (Å²) in [6.07, 6.45) is 0.803. The highest BCUT2D eigenvalue weighted by Gasteiger charge is 2.28. The Balaban J connectivity index is 1.63. The topological polar surface area (TPSA) is 101 Å². The van der Waals surface area contributed by atoms with Crippen LogP contribution >= 0.6 is 22.9 Å². The number of rotatable bonds is 7. The second-order valence-corrected chi connectivity index (χ2v) is 9.30. The molecule has 1 fully saturated rings. The van der Waals surface area contributed by atoms with E-state index in [9.17, 15) is 22.8 Å². The predicted octanol–water partition coefficient (Wildman–Crippen LogP) is 3.10. The Bertz CT molecular complexity index is 999. The Hall–Kier alpha value is -2.23. The number of nitrogens with zero attached hydrogens (tertiary/aromatic N) is 1. The van der Waals surface area contributed by atoms with Gasteiger partial charge in [-0.3, -0.25) is 19.3 Å². The molecule has 0 bridgehead atoms. The minimum absolute atomic E-state index is 0.0121. The third kappa shape index (κ3) is 4.43. The number of likely N-dealkylation sites (tertiary alicyclic amines) is 1. The lowest BCUT2D eigenvalue weighted by molar-refractivity contribution is -0.138. The van der Waals surface area contributed by atoms with Crippen LogP contribution in [0, 0.1) is 0 Å². The first-order valence-electron chi connectivity index (χ1n) is 8.49. The smallest absolute Gasteiger partial charge is 0.229 e. The maximum Gasteiger partial charge on any atom is 0.229 e. The summed E-state index contributed by atoms with van der Waals surface area (Å²) < 4.78 is 25.6. The quantitative estimate of drug-likeness (QED) is 0.666. The Labute approximate surface area is 171 Å². The lowest BCUT2D eigenvalue weighted by Gasteiger charge is -2.13. The Morgan fingerprint density at radius 2 is 1.75 bits per heavy atom. The molecule has 148 valence electrons. The van der Waals surface area contributed by atoms with Gasteiger partial charge in [0.05, 0.1) is 10.6 Å². The van der Waals surface area contributed by atoms with Gasteiger partial charge < -0.3 is 5.32 Å². The first-order chi connectivity index (χ1) is 13.3. The van der Waals surface area contributed by atoms with Crippen LogP contribution in [0.25, 0.3) is 0 Å². The molecule has 2 heterocycles. The van der Waals surface area contributed by atoms with Crippen molar-refractivity contribution >= 4 is 56.2 Å². The molecule has 0 radical (unpaired) electrons. The number of carbonyl (C=O) groups is 3. The van der Waals surface area contributed by atoms with Crippen molar-refractivity contribution in [3.8, 4) is 0 Å². The minimum Gasteiger partial charge on any atom is -0.324 e. The maximum atomic E-state index is 12.8. The molecule has 2 aromatic rings. The number of thiophene rings is 1. The summed E-state index contributed by atoms with van der Waals surface area (Å²) in [5.41, 5.74) is 0.207. The summed E-state index contributed by atoms with van der Waals surface area (Å²) in [6, 6.07) is 5.79. The number of hydrogen-bond donors (Lipinski definition) is 1. The average Bonchev–Trinajstić information content (AvgIpc) is 3.24. The highest BCUT2D eigenvalue weighted by atomic mass is 35.5. The number of amides is 3. The van der Waals surface area contributed by atoms with E-state index in [1.807, 2.05) is 0 Å².